The second-order valence-electron chi connectivity index (χ2n) is 5.59. The maximum atomic E-state index is 12.5. The van der Waals surface area contributed by atoms with Crippen LogP contribution in [0.15, 0.2) is 52.3 Å². The van der Waals surface area contributed by atoms with Crippen LogP contribution in [0.3, 0.4) is 0 Å². The molecule has 4 nitrogen and oxygen atoms in total. The molecule has 128 valence electrons. The van der Waals surface area contributed by atoms with E-state index in [0.29, 0.717) is 17.9 Å². The Morgan fingerprint density at radius 1 is 1.24 bits per heavy atom. The molecule has 25 heavy (non-hydrogen) atoms. The first-order chi connectivity index (χ1) is 12.0. The van der Waals surface area contributed by atoms with Crippen LogP contribution in [0, 0.1) is 13.8 Å². The SMILES string of the molecule is Cc1nc(COc2cccc(C(=O)Nc3cc(Br)ccc3C)c2)cs1. The number of carbonyl (C=O) groups excluding carboxylic acids is 1. The number of hydrogen-bond donors (Lipinski definition) is 1. The molecule has 0 aliphatic rings. The number of ether oxygens (including phenoxy) is 1. The topological polar surface area (TPSA) is 51.2 Å². The fraction of sp³-hybridized carbons (Fsp3) is 0.158. The third kappa shape index (κ3) is 4.67. The van der Waals surface area contributed by atoms with Crippen LogP contribution in [0.1, 0.15) is 26.6 Å². The van der Waals surface area contributed by atoms with Gasteiger partial charge in [-0.15, -0.1) is 11.3 Å². The molecule has 1 N–H and O–H groups in total. The van der Waals surface area contributed by atoms with Crippen LogP contribution in [0.25, 0.3) is 0 Å². The van der Waals surface area contributed by atoms with Crippen LogP contribution in [0.2, 0.25) is 0 Å². The summed E-state index contributed by atoms with van der Waals surface area (Å²) in [5.41, 5.74) is 3.22. The molecule has 0 bridgehead atoms. The predicted octanol–water partition coefficient (Wildman–Crippen LogP) is 5.35. The molecule has 6 heteroatoms. The number of thiazole rings is 1. The van der Waals surface area contributed by atoms with E-state index in [2.05, 4.69) is 26.2 Å². The minimum absolute atomic E-state index is 0.170. The number of nitrogens with zero attached hydrogens (tertiary/aromatic N) is 1. The highest BCUT2D eigenvalue weighted by molar-refractivity contribution is 9.10. The van der Waals surface area contributed by atoms with Gasteiger partial charge in [-0.25, -0.2) is 4.98 Å². The number of aryl methyl sites for hydroxylation is 2. The van der Waals surface area contributed by atoms with Gasteiger partial charge in [0, 0.05) is 21.1 Å². The first-order valence-corrected chi connectivity index (χ1v) is 9.40. The van der Waals surface area contributed by atoms with E-state index in [4.69, 9.17) is 4.74 Å². The van der Waals surface area contributed by atoms with Gasteiger partial charge in [-0.1, -0.05) is 28.1 Å². The lowest BCUT2D eigenvalue weighted by molar-refractivity contribution is 0.102. The summed E-state index contributed by atoms with van der Waals surface area (Å²) in [6, 6.07) is 12.9. The van der Waals surface area contributed by atoms with Crippen LogP contribution in [0.5, 0.6) is 5.75 Å². The van der Waals surface area contributed by atoms with Gasteiger partial charge in [0.15, 0.2) is 0 Å². The number of benzene rings is 2. The van der Waals surface area contributed by atoms with E-state index in [9.17, 15) is 4.79 Å². The van der Waals surface area contributed by atoms with E-state index in [1.54, 1.807) is 23.5 Å². The van der Waals surface area contributed by atoms with E-state index in [0.717, 1.165) is 26.4 Å². The smallest absolute Gasteiger partial charge is 0.255 e. The average Bonchev–Trinajstić information content (AvgIpc) is 3.02. The van der Waals surface area contributed by atoms with Gasteiger partial charge in [0.2, 0.25) is 0 Å². The standard InChI is InChI=1S/C19H17BrN2O2S/c1-12-6-7-15(20)9-18(12)22-19(23)14-4-3-5-17(8-14)24-10-16-11-25-13(2)21-16/h3-9,11H,10H2,1-2H3,(H,22,23). The van der Waals surface area contributed by atoms with Crippen molar-refractivity contribution in [1.29, 1.82) is 0 Å². The van der Waals surface area contributed by atoms with Crippen molar-refractivity contribution in [2.45, 2.75) is 20.5 Å². The molecule has 0 saturated carbocycles. The zero-order valence-electron chi connectivity index (χ0n) is 13.9. The Labute approximate surface area is 159 Å². The number of carbonyl (C=O) groups is 1. The molecule has 3 rings (SSSR count). The molecule has 0 unspecified atom stereocenters. The van der Waals surface area contributed by atoms with Crippen LogP contribution >= 0.6 is 27.3 Å². The van der Waals surface area contributed by atoms with Crippen LogP contribution < -0.4 is 10.1 Å². The average molecular weight is 417 g/mol. The highest BCUT2D eigenvalue weighted by atomic mass is 79.9. The Hall–Kier alpha value is -2.18. The molecule has 0 fully saturated rings. The molecular weight excluding hydrogens is 400 g/mol. The Morgan fingerprint density at radius 3 is 2.84 bits per heavy atom. The van der Waals surface area contributed by atoms with Crippen LogP contribution in [-0.2, 0) is 6.61 Å². The quantitative estimate of drug-likeness (QED) is 0.609. The maximum Gasteiger partial charge on any atom is 0.255 e. The summed E-state index contributed by atoms with van der Waals surface area (Å²) in [7, 11) is 0. The lowest BCUT2D eigenvalue weighted by Crippen LogP contribution is -2.13. The summed E-state index contributed by atoms with van der Waals surface area (Å²) in [5, 5.41) is 5.92. The minimum Gasteiger partial charge on any atom is -0.487 e. The van der Waals surface area contributed by atoms with E-state index in [1.807, 2.05) is 49.6 Å². The normalized spacial score (nSPS) is 10.5. The number of halogens is 1. The van der Waals surface area contributed by atoms with Gasteiger partial charge >= 0.3 is 0 Å². The fourth-order valence-corrected chi connectivity index (χ4v) is 3.24. The number of anilines is 1. The molecule has 0 aliphatic carbocycles. The van der Waals surface area contributed by atoms with E-state index in [1.165, 1.54) is 0 Å². The molecule has 0 atom stereocenters. The van der Waals surface area contributed by atoms with Crippen molar-refractivity contribution in [3.05, 3.63) is 74.1 Å². The Balaban J connectivity index is 1.69. The third-order valence-corrected chi connectivity index (χ3v) is 4.91. The maximum absolute atomic E-state index is 12.5. The molecule has 0 radical (unpaired) electrons. The van der Waals surface area contributed by atoms with Crippen molar-refractivity contribution in [3.8, 4) is 5.75 Å². The largest absolute Gasteiger partial charge is 0.487 e. The summed E-state index contributed by atoms with van der Waals surface area (Å²) < 4.78 is 6.67. The zero-order valence-corrected chi connectivity index (χ0v) is 16.3. The summed E-state index contributed by atoms with van der Waals surface area (Å²) in [4.78, 5) is 16.9. The molecule has 1 aromatic heterocycles. The molecule has 1 amide bonds. The monoisotopic (exact) mass is 416 g/mol. The van der Waals surface area contributed by atoms with Crippen molar-refractivity contribution < 1.29 is 9.53 Å². The predicted molar refractivity (Wildman–Crippen MR) is 104 cm³/mol. The Bertz CT molecular complexity index is 908. The van der Waals surface area contributed by atoms with Crippen LogP contribution in [-0.4, -0.2) is 10.9 Å². The number of aromatic nitrogens is 1. The highest BCUT2D eigenvalue weighted by Crippen LogP contribution is 2.22. The first kappa shape index (κ1) is 17.6. The van der Waals surface area contributed by atoms with E-state index < -0.39 is 0 Å². The molecule has 1 heterocycles. The zero-order chi connectivity index (χ0) is 17.8. The number of hydrogen-bond acceptors (Lipinski definition) is 4. The third-order valence-electron chi connectivity index (χ3n) is 3.60. The summed E-state index contributed by atoms with van der Waals surface area (Å²) >= 11 is 5.01. The van der Waals surface area contributed by atoms with Crippen LogP contribution in [0.4, 0.5) is 5.69 Å². The van der Waals surface area contributed by atoms with Crippen molar-refractivity contribution in [2.24, 2.45) is 0 Å². The van der Waals surface area contributed by atoms with Crippen molar-refractivity contribution >= 4 is 38.9 Å². The lowest BCUT2D eigenvalue weighted by atomic mass is 10.1. The first-order valence-electron chi connectivity index (χ1n) is 7.72. The van der Waals surface area contributed by atoms with Crippen molar-refractivity contribution in [3.63, 3.8) is 0 Å². The van der Waals surface area contributed by atoms with Crippen molar-refractivity contribution in [2.75, 3.05) is 5.32 Å². The highest BCUT2D eigenvalue weighted by Gasteiger charge is 2.10. The summed E-state index contributed by atoms with van der Waals surface area (Å²) in [5.74, 6) is 0.473. The molecule has 0 saturated heterocycles. The molecule has 0 spiro atoms. The van der Waals surface area contributed by atoms with Gasteiger partial charge in [-0.2, -0.15) is 0 Å². The Kier molecular flexibility index (Phi) is 5.50. The number of amides is 1. The van der Waals surface area contributed by atoms with Gasteiger partial charge in [-0.05, 0) is 49.7 Å². The van der Waals surface area contributed by atoms with E-state index >= 15 is 0 Å². The van der Waals surface area contributed by atoms with E-state index in [-0.39, 0.29) is 5.91 Å². The second kappa shape index (κ2) is 7.80. The minimum atomic E-state index is -0.170. The molecule has 0 aliphatic heterocycles. The van der Waals surface area contributed by atoms with Gasteiger partial charge < -0.3 is 10.1 Å². The lowest BCUT2D eigenvalue weighted by Gasteiger charge is -2.10. The number of rotatable bonds is 5. The van der Waals surface area contributed by atoms with Gasteiger partial charge in [0.1, 0.15) is 12.4 Å². The molecule has 2 aromatic carbocycles. The summed E-state index contributed by atoms with van der Waals surface area (Å²) in [6.07, 6.45) is 0. The Morgan fingerprint density at radius 2 is 2.08 bits per heavy atom. The fourth-order valence-electron chi connectivity index (χ4n) is 2.28. The summed E-state index contributed by atoms with van der Waals surface area (Å²) in [6.45, 7) is 4.31. The van der Waals surface area contributed by atoms with Gasteiger partial charge in [0.25, 0.3) is 5.91 Å². The van der Waals surface area contributed by atoms with Gasteiger partial charge in [0.05, 0.1) is 10.7 Å². The molecule has 3 aromatic rings. The second-order valence-corrected chi connectivity index (χ2v) is 7.57. The van der Waals surface area contributed by atoms with Crippen molar-refractivity contribution in [1.82, 2.24) is 4.98 Å². The number of nitrogens with one attached hydrogen (secondary N) is 1. The van der Waals surface area contributed by atoms with Gasteiger partial charge in [-0.3, -0.25) is 4.79 Å². The molecular formula is C19H17BrN2O2S.